The minimum atomic E-state index is 0.579. The van der Waals surface area contributed by atoms with Crippen LogP contribution in [0.25, 0.3) is 0 Å². The molecule has 0 aliphatic heterocycles. The molecular formula is C19H19BrN4. The molecule has 3 rings (SSSR count). The number of aryl methyl sites for hydroxylation is 2. The van der Waals surface area contributed by atoms with Crippen molar-refractivity contribution in [2.24, 2.45) is 0 Å². The summed E-state index contributed by atoms with van der Waals surface area (Å²) in [5, 5.41) is 6.62. The van der Waals surface area contributed by atoms with Gasteiger partial charge in [-0.2, -0.15) is 4.98 Å². The first-order valence-corrected chi connectivity index (χ1v) is 8.56. The van der Waals surface area contributed by atoms with Gasteiger partial charge in [-0.15, -0.1) is 0 Å². The van der Waals surface area contributed by atoms with E-state index in [1.54, 1.807) is 0 Å². The second-order valence-corrected chi connectivity index (χ2v) is 6.52. The van der Waals surface area contributed by atoms with E-state index < -0.39 is 0 Å². The Morgan fingerprint density at radius 2 is 1.75 bits per heavy atom. The molecule has 0 aliphatic rings. The van der Waals surface area contributed by atoms with E-state index in [1.165, 1.54) is 11.1 Å². The van der Waals surface area contributed by atoms with Crippen LogP contribution in [0.1, 0.15) is 16.8 Å². The molecular weight excluding hydrogens is 364 g/mol. The van der Waals surface area contributed by atoms with Gasteiger partial charge in [0.1, 0.15) is 5.82 Å². The fourth-order valence-corrected chi connectivity index (χ4v) is 2.94. The van der Waals surface area contributed by atoms with Crippen LogP contribution in [0.4, 0.5) is 17.5 Å². The smallest absolute Gasteiger partial charge is 0.229 e. The highest BCUT2D eigenvalue weighted by Gasteiger charge is 2.06. The van der Waals surface area contributed by atoms with Gasteiger partial charge in [-0.3, -0.25) is 0 Å². The zero-order valence-electron chi connectivity index (χ0n) is 13.7. The molecule has 3 aromatic rings. The summed E-state index contributed by atoms with van der Waals surface area (Å²) in [5.74, 6) is 1.38. The van der Waals surface area contributed by atoms with Crippen molar-refractivity contribution < 1.29 is 0 Å². The minimum absolute atomic E-state index is 0.579. The number of hydrogen-bond donors (Lipinski definition) is 2. The monoisotopic (exact) mass is 382 g/mol. The van der Waals surface area contributed by atoms with Gasteiger partial charge >= 0.3 is 0 Å². The summed E-state index contributed by atoms with van der Waals surface area (Å²) in [6, 6.07) is 18.3. The summed E-state index contributed by atoms with van der Waals surface area (Å²) < 4.78 is 0.992. The molecule has 2 aromatic carbocycles. The SMILES string of the molecule is Cc1ccc(Nc2nc(C)cc(NCc3ccccc3)n2)c(Br)c1. The summed E-state index contributed by atoms with van der Waals surface area (Å²) in [5.41, 5.74) is 4.26. The lowest BCUT2D eigenvalue weighted by Crippen LogP contribution is -2.05. The van der Waals surface area contributed by atoms with E-state index in [1.807, 2.05) is 37.3 Å². The molecule has 0 aliphatic carbocycles. The van der Waals surface area contributed by atoms with Crippen molar-refractivity contribution in [2.75, 3.05) is 10.6 Å². The predicted molar refractivity (Wildman–Crippen MR) is 103 cm³/mol. The fraction of sp³-hybridized carbons (Fsp3) is 0.158. The molecule has 5 heteroatoms. The van der Waals surface area contributed by atoms with Gasteiger partial charge in [0, 0.05) is 22.8 Å². The number of nitrogens with one attached hydrogen (secondary N) is 2. The highest BCUT2D eigenvalue weighted by atomic mass is 79.9. The number of halogens is 1. The summed E-state index contributed by atoms with van der Waals surface area (Å²) >= 11 is 3.57. The Bertz CT molecular complexity index is 834. The van der Waals surface area contributed by atoms with Gasteiger partial charge < -0.3 is 10.6 Å². The van der Waals surface area contributed by atoms with Crippen LogP contribution >= 0.6 is 15.9 Å². The molecule has 0 bridgehead atoms. The highest BCUT2D eigenvalue weighted by Crippen LogP contribution is 2.26. The van der Waals surface area contributed by atoms with Crippen molar-refractivity contribution in [3.05, 3.63) is 75.9 Å². The third-order valence-corrected chi connectivity index (χ3v) is 4.20. The molecule has 0 saturated heterocycles. The maximum Gasteiger partial charge on any atom is 0.229 e. The first-order chi connectivity index (χ1) is 11.6. The summed E-state index contributed by atoms with van der Waals surface area (Å²) in [7, 11) is 0. The van der Waals surface area contributed by atoms with Crippen LogP contribution < -0.4 is 10.6 Å². The quantitative estimate of drug-likeness (QED) is 0.635. The largest absolute Gasteiger partial charge is 0.366 e. The Hall–Kier alpha value is -2.40. The highest BCUT2D eigenvalue weighted by molar-refractivity contribution is 9.10. The predicted octanol–water partition coefficient (Wildman–Crippen LogP) is 5.21. The number of anilines is 3. The summed E-state index contributed by atoms with van der Waals surface area (Å²) in [4.78, 5) is 9.02. The topological polar surface area (TPSA) is 49.8 Å². The zero-order chi connectivity index (χ0) is 16.9. The van der Waals surface area contributed by atoms with E-state index in [0.29, 0.717) is 5.95 Å². The molecule has 0 unspecified atom stereocenters. The second-order valence-electron chi connectivity index (χ2n) is 5.67. The molecule has 0 saturated carbocycles. The molecule has 1 aromatic heterocycles. The second kappa shape index (κ2) is 7.45. The van der Waals surface area contributed by atoms with Gasteiger partial charge in [-0.05, 0) is 53.0 Å². The van der Waals surface area contributed by atoms with E-state index in [4.69, 9.17) is 0 Å². The Kier molecular flexibility index (Phi) is 5.11. The van der Waals surface area contributed by atoms with Gasteiger partial charge in [0.05, 0.1) is 5.69 Å². The van der Waals surface area contributed by atoms with E-state index in [-0.39, 0.29) is 0 Å². The number of benzene rings is 2. The Labute approximate surface area is 150 Å². The van der Waals surface area contributed by atoms with Gasteiger partial charge in [-0.25, -0.2) is 4.98 Å². The number of rotatable bonds is 5. The van der Waals surface area contributed by atoms with Crippen LogP contribution in [0.15, 0.2) is 59.1 Å². The Morgan fingerprint density at radius 1 is 0.958 bits per heavy atom. The summed E-state index contributed by atoms with van der Waals surface area (Å²) in [6.07, 6.45) is 0. The van der Waals surface area contributed by atoms with Crippen molar-refractivity contribution in [3.8, 4) is 0 Å². The molecule has 0 atom stereocenters. The lowest BCUT2D eigenvalue weighted by Gasteiger charge is -2.11. The third-order valence-electron chi connectivity index (χ3n) is 3.54. The molecule has 0 radical (unpaired) electrons. The van der Waals surface area contributed by atoms with Crippen molar-refractivity contribution in [2.45, 2.75) is 20.4 Å². The fourth-order valence-electron chi connectivity index (χ4n) is 2.35. The molecule has 0 spiro atoms. The normalized spacial score (nSPS) is 10.5. The standard InChI is InChI=1S/C19H19BrN4/c1-13-8-9-17(16(20)10-13)23-19-22-14(2)11-18(24-19)21-12-15-6-4-3-5-7-15/h3-11H,12H2,1-2H3,(H2,21,22,23,24). The van der Waals surface area contributed by atoms with Crippen molar-refractivity contribution in [1.82, 2.24) is 9.97 Å². The Morgan fingerprint density at radius 3 is 2.50 bits per heavy atom. The first-order valence-electron chi connectivity index (χ1n) is 7.77. The van der Waals surface area contributed by atoms with Gasteiger partial charge in [0.15, 0.2) is 0 Å². The van der Waals surface area contributed by atoms with Crippen LogP contribution in [-0.4, -0.2) is 9.97 Å². The average molecular weight is 383 g/mol. The van der Waals surface area contributed by atoms with Crippen LogP contribution in [0, 0.1) is 13.8 Å². The van der Waals surface area contributed by atoms with E-state index in [0.717, 1.165) is 28.2 Å². The molecule has 0 fully saturated rings. The lowest BCUT2D eigenvalue weighted by molar-refractivity contribution is 1.06. The van der Waals surface area contributed by atoms with Crippen molar-refractivity contribution in [3.63, 3.8) is 0 Å². The number of hydrogen-bond acceptors (Lipinski definition) is 4. The van der Waals surface area contributed by atoms with Crippen LogP contribution in [0.3, 0.4) is 0 Å². The first kappa shape index (κ1) is 16.5. The van der Waals surface area contributed by atoms with Crippen molar-refractivity contribution in [1.29, 1.82) is 0 Å². The van der Waals surface area contributed by atoms with Gasteiger partial charge in [0.25, 0.3) is 0 Å². The number of aromatic nitrogens is 2. The molecule has 0 amide bonds. The maximum atomic E-state index is 4.55. The van der Waals surface area contributed by atoms with E-state index in [2.05, 4.69) is 67.7 Å². The number of nitrogens with zero attached hydrogens (tertiary/aromatic N) is 2. The van der Waals surface area contributed by atoms with Gasteiger partial charge in [-0.1, -0.05) is 36.4 Å². The summed E-state index contributed by atoms with van der Waals surface area (Å²) in [6.45, 7) is 4.75. The van der Waals surface area contributed by atoms with Crippen molar-refractivity contribution >= 4 is 33.4 Å². The lowest BCUT2D eigenvalue weighted by atomic mass is 10.2. The van der Waals surface area contributed by atoms with Crippen LogP contribution in [-0.2, 0) is 6.54 Å². The molecule has 2 N–H and O–H groups in total. The zero-order valence-corrected chi connectivity index (χ0v) is 15.3. The molecule has 1 heterocycles. The van der Waals surface area contributed by atoms with E-state index >= 15 is 0 Å². The van der Waals surface area contributed by atoms with E-state index in [9.17, 15) is 0 Å². The molecule has 122 valence electrons. The Balaban J connectivity index is 1.76. The maximum absolute atomic E-state index is 4.55. The van der Waals surface area contributed by atoms with Gasteiger partial charge in [0.2, 0.25) is 5.95 Å². The third kappa shape index (κ3) is 4.32. The average Bonchev–Trinajstić information content (AvgIpc) is 2.56. The van der Waals surface area contributed by atoms with Crippen LogP contribution in [0.5, 0.6) is 0 Å². The molecule has 4 nitrogen and oxygen atoms in total. The van der Waals surface area contributed by atoms with Crippen LogP contribution in [0.2, 0.25) is 0 Å². The molecule has 24 heavy (non-hydrogen) atoms. The minimum Gasteiger partial charge on any atom is -0.366 e.